The van der Waals surface area contributed by atoms with Gasteiger partial charge < -0.3 is 14.6 Å². The number of fused-ring (bicyclic) bond motifs is 1. The third-order valence-corrected chi connectivity index (χ3v) is 5.64. The lowest BCUT2D eigenvalue weighted by atomic mass is 10.1. The zero-order chi connectivity index (χ0) is 17.8. The molecule has 1 atom stereocenters. The van der Waals surface area contributed by atoms with E-state index in [0.717, 1.165) is 30.5 Å². The SMILES string of the molecule is CCc1ccc2c(C[NH2+]C[C@@H](c3cccs3)[NH+](C)C)cc(=O)oc2c1. The van der Waals surface area contributed by atoms with Crippen LogP contribution < -0.4 is 15.8 Å². The molecule has 5 heteroatoms. The molecule has 3 aromatic rings. The average Bonchev–Trinajstić information content (AvgIpc) is 3.11. The molecule has 4 nitrogen and oxygen atoms in total. The Labute approximate surface area is 152 Å². The quantitative estimate of drug-likeness (QED) is 0.627. The van der Waals surface area contributed by atoms with E-state index < -0.39 is 0 Å². The average molecular weight is 359 g/mol. The minimum Gasteiger partial charge on any atom is -0.423 e. The van der Waals surface area contributed by atoms with Gasteiger partial charge in [-0.3, -0.25) is 0 Å². The topological polar surface area (TPSA) is 51.3 Å². The number of nitrogens with one attached hydrogen (secondary N) is 1. The first-order valence-corrected chi connectivity index (χ1v) is 9.67. The largest absolute Gasteiger partial charge is 0.423 e. The van der Waals surface area contributed by atoms with Crippen molar-refractivity contribution in [2.75, 3.05) is 20.6 Å². The van der Waals surface area contributed by atoms with Crippen molar-refractivity contribution >= 4 is 22.3 Å². The number of thiophene rings is 1. The van der Waals surface area contributed by atoms with Crippen LogP contribution in [0.3, 0.4) is 0 Å². The zero-order valence-electron chi connectivity index (χ0n) is 15.0. The molecule has 3 N–H and O–H groups in total. The van der Waals surface area contributed by atoms with Crippen LogP contribution >= 0.6 is 11.3 Å². The molecule has 0 aliphatic carbocycles. The molecule has 0 unspecified atom stereocenters. The van der Waals surface area contributed by atoms with Crippen molar-refractivity contribution in [3.05, 3.63) is 68.2 Å². The monoisotopic (exact) mass is 358 g/mol. The van der Waals surface area contributed by atoms with Gasteiger partial charge in [-0.2, -0.15) is 0 Å². The molecule has 2 heterocycles. The number of hydrogen-bond acceptors (Lipinski definition) is 3. The normalized spacial score (nSPS) is 12.8. The summed E-state index contributed by atoms with van der Waals surface area (Å²) in [5.74, 6) is 0. The van der Waals surface area contributed by atoms with E-state index in [1.54, 1.807) is 6.07 Å². The summed E-state index contributed by atoms with van der Waals surface area (Å²) in [6.07, 6.45) is 0.935. The lowest BCUT2D eigenvalue weighted by Crippen LogP contribution is -3.09. The summed E-state index contributed by atoms with van der Waals surface area (Å²) < 4.78 is 5.40. The van der Waals surface area contributed by atoms with E-state index in [0.29, 0.717) is 11.6 Å². The number of benzene rings is 1. The molecule has 0 saturated heterocycles. The fourth-order valence-electron chi connectivity index (χ4n) is 3.19. The lowest BCUT2D eigenvalue weighted by Gasteiger charge is -2.18. The third kappa shape index (κ3) is 4.18. The van der Waals surface area contributed by atoms with E-state index in [4.69, 9.17) is 4.42 Å². The first-order chi connectivity index (χ1) is 12.1. The van der Waals surface area contributed by atoms with E-state index in [1.165, 1.54) is 15.3 Å². The van der Waals surface area contributed by atoms with Gasteiger partial charge in [-0.1, -0.05) is 25.1 Å². The summed E-state index contributed by atoms with van der Waals surface area (Å²) in [5, 5.41) is 5.46. The molecule has 132 valence electrons. The Balaban J connectivity index is 1.77. The number of likely N-dealkylation sites (N-methyl/N-ethyl adjacent to an activating group) is 1. The summed E-state index contributed by atoms with van der Waals surface area (Å²) in [7, 11) is 4.38. The van der Waals surface area contributed by atoms with Crippen LogP contribution in [0.2, 0.25) is 0 Å². The molecule has 0 bridgehead atoms. The molecule has 0 radical (unpaired) electrons. The summed E-state index contributed by atoms with van der Waals surface area (Å²) in [5.41, 5.74) is 2.67. The Hall–Kier alpha value is -1.95. The predicted octanol–water partition coefficient (Wildman–Crippen LogP) is 1.37. The van der Waals surface area contributed by atoms with Crippen LogP contribution in [0.5, 0.6) is 0 Å². The fraction of sp³-hybridized carbons (Fsp3) is 0.350. The smallest absolute Gasteiger partial charge is 0.336 e. The molecule has 3 rings (SSSR count). The van der Waals surface area contributed by atoms with Crippen LogP contribution in [0.15, 0.2) is 51.0 Å². The van der Waals surface area contributed by atoms with E-state index in [1.807, 2.05) is 17.4 Å². The van der Waals surface area contributed by atoms with E-state index >= 15 is 0 Å². The van der Waals surface area contributed by atoms with Crippen molar-refractivity contribution in [1.29, 1.82) is 0 Å². The second-order valence-electron chi connectivity index (χ2n) is 6.65. The summed E-state index contributed by atoms with van der Waals surface area (Å²) in [6, 6.07) is 12.6. The van der Waals surface area contributed by atoms with Crippen LogP contribution in [0, 0.1) is 0 Å². The van der Waals surface area contributed by atoms with Gasteiger partial charge >= 0.3 is 5.63 Å². The molecule has 0 saturated carbocycles. The van der Waals surface area contributed by atoms with Crippen molar-refractivity contribution in [1.82, 2.24) is 0 Å². The molecule has 0 fully saturated rings. The van der Waals surface area contributed by atoms with Crippen LogP contribution in [0.1, 0.15) is 29.0 Å². The van der Waals surface area contributed by atoms with Crippen LogP contribution in [0.4, 0.5) is 0 Å². The number of hydrogen-bond donors (Lipinski definition) is 2. The minimum absolute atomic E-state index is 0.266. The Morgan fingerprint density at radius 2 is 2.08 bits per heavy atom. The maximum atomic E-state index is 11.9. The van der Waals surface area contributed by atoms with Crippen LogP contribution in [0.25, 0.3) is 11.0 Å². The minimum atomic E-state index is -0.266. The molecular weight excluding hydrogens is 332 g/mol. The van der Waals surface area contributed by atoms with Crippen LogP contribution in [-0.2, 0) is 13.0 Å². The molecule has 0 amide bonds. The van der Waals surface area contributed by atoms with Gasteiger partial charge in [0.15, 0.2) is 6.04 Å². The summed E-state index contributed by atoms with van der Waals surface area (Å²) in [6.45, 7) is 3.87. The highest BCUT2D eigenvalue weighted by Crippen LogP contribution is 2.19. The molecule has 0 aliphatic rings. The zero-order valence-corrected chi connectivity index (χ0v) is 15.9. The highest BCUT2D eigenvalue weighted by Gasteiger charge is 2.21. The first-order valence-electron chi connectivity index (χ1n) is 8.79. The molecule has 25 heavy (non-hydrogen) atoms. The van der Waals surface area contributed by atoms with Crippen molar-refractivity contribution in [3.63, 3.8) is 0 Å². The van der Waals surface area contributed by atoms with Crippen LogP contribution in [-0.4, -0.2) is 20.6 Å². The maximum Gasteiger partial charge on any atom is 0.336 e. The molecule has 2 aromatic heterocycles. The van der Waals surface area contributed by atoms with Crippen molar-refractivity contribution in [2.24, 2.45) is 0 Å². The highest BCUT2D eigenvalue weighted by atomic mass is 32.1. The summed E-state index contributed by atoms with van der Waals surface area (Å²) in [4.78, 5) is 14.7. The van der Waals surface area contributed by atoms with Gasteiger partial charge in [0, 0.05) is 17.0 Å². The molecule has 0 aliphatic heterocycles. The van der Waals surface area contributed by atoms with Crippen molar-refractivity contribution in [3.8, 4) is 0 Å². The molecule has 0 spiro atoms. The Bertz CT molecular complexity index is 884. The van der Waals surface area contributed by atoms with Gasteiger partial charge in [-0.25, -0.2) is 4.79 Å². The second kappa shape index (κ2) is 7.95. The standard InChI is InChI=1S/C20H24N2O2S/c1-4-14-7-8-16-15(11-20(23)24-18(16)10-14)12-21-13-17(22(2)3)19-6-5-9-25-19/h5-11,17,21H,4,12-13H2,1-3H3/p+2/t17-/m0/s1. The Kier molecular flexibility index (Phi) is 5.68. The van der Waals surface area contributed by atoms with Crippen molar-refractivity contribution in [2.45, 2.75) is 25.9 Å². The summed E-state index contributed by atoms with van der Waals surface area (Å²) >= 11 is 1.81. The Morgan fingerprint density at radius 3 is 2.76 bits per heavy atom. The first kappa shape index (κ1) is 17.9. The molecular formula is C20H26N2O2S+2. The number of aryl methyl sites for hydroxylation is 1. The fourth-order valence-corrected chi connectivity index (χ4v) is 4.16. The maximum absolute atomic E-state index is 11.9. The van der Waals surface area contributed by atoms with E-state index in [-0.39, 0.29) is 5.63 Å². The van der Waals surface area contributed by atoms with Crippen molar-refractivity contribution < 1.29 is 14.6 Å². The van der Waals surface area contributed by atoms with Gasteiger partial charge in [0.05, 0.1) is 19.0 Å². The number of nitrogens with two attached hydrogens (primary N) is 1. The number of quaternary nitrogens is 2. The Morgan fingerprint density at radius 1 is 1.24 bits per heavy atom. The van der Waals surface area contributed by atoms with Gasteiger partial charge in [-0.05, 0) is 29.5 Å². The lowest BCUT2D eigenvalue weighted by molar-refractivity contribution is -0.910. The number of rotatable bonds is 7. The predicted molar refractivity (Wildman–Crippen MR) is 102 cm³/mol. The van der Waals surface area contributed by atoms with Gasteiger partial charge in [0.1, 0.15) is 18.7 Å². The van der Waals surface area contributed by atoms with Gasteiger partial charge in [0.2, 0.25) is 0 Å². The van der Waals surface area contributed by atoms with E-state index in [9.17, 15) is 4.79 Å². The second-order valence-corrected chi connectivity index (χ2v) is 7.63. The third-order valence-electron chi connectivity index (χ3n) is 4.65. The molecule has 1 aromatic carbocycles. The van der Waals surface area contributed by atoms with E-state index in [2.05, 4.69) is 56.0 Å². The van der Waals surface area contributed by atoms with Gasteiger partial charge in [0.25, 0.3) is 0 Å². The van der Waals surface area contributed by atoms with Gasteiger partial charge in [-0.15, -0.1) is 11.3 Å². The highest BCUT2D eigenvalue weighted by molar-refractivity contribution is 7.10.